The van der Waals surface area contributed by atoms with Crippen LogP contribution in [0.2, 0.25) is 0 Å². The highest BCUT2D eigenvalue weighted by Crippen LogP contribution is 2.27. The number of amides is 1. The predicted octanol–water partition coefficient (Wildman–Crippen LogP) is 4.00. The number of para-hydroxylation sites is 1. The first-order valence-corrected chi connectivity index (χ1v) is 10.2. The van der Waals surface area contributed by atoms with Crippen molar-refractivity contribution in [2.45, 2.75) is 43.7 Å². The molecule has 1 aliphatic heterocycles. The van der Waals surface area contributed by atoms with Gasteiger partial charge in [-0.2, -0.15) is 0 Å². The fourth-order valence-electron chi connectivity index (χ4n) is 3.32. The number of carbonyl (C=O) groups is 1. The lowest BCUT2D eigenvalue weighted by Gasteiger charge is -2.36. The van der Waals surface area contributed by atoms with Crippen LogP contribution in [0.4, 0.5) is 11.5 Å². The van der Waals surface area contributed by atoms with E-state index in [0.717, 1.165) is 29.5 Å². The summed E-state index contributed by atoms with van der Waals surface area (Å²) in [6, 6.07) is 12.3. The maximum absolute atomic E-state index is 12.5. The quantitative estimate of drug-likeness (QED) is 0.568. The average Bonchev–Trinajstić information content (AvgIpc) is 2.72. The van der Waals surface area contributed by atoms with Crippen LogP contribution >= 0.6 is 11.8 Å². The summed E-state index contributed by atoms with van der Waals surface area (Å²) < 4.78 is 0. The summed E-state index contributed by atoms with van der Waals surface area (Å²) in [4.78, 5) is 25.4. The van der Waals surface area contributed by atoms with Gasteiger partial charge in [-0.15, -0.1) is 0 Å². The molecule has 26 heavy (non-hydrogen) atoms. The Kier molecular flexibility index (Phi) is 6.50. The van der Waals surface area contributed by atoms with Crippen LogP contribution in [0.5, 0.6) is 0 Å². The topological polar surface area (TPSA) is 49.3 Å². The minimum Gasteiger partial charge on any atom is -0.354 e. The van der Waals surface area contributed by atoms with Crippen LogP contribution in [0.3, 0.4) is 0 Å². The first-order chi connectivity index (χ1) is 12.7. The lowest BCUT2D eigenvalue weighted by atomic mass is 10.0. The van der Waals surface area contributed by atoms with Crippen LogP contribution in [0.1, 0.15) is 32.6 Å². The van der Waals surface area contributed by atoms with Gasteiger partial charge in [0.05, 0.1) is 5.75 Å². The Labute approximate surface area is 159 Å². The number of benzene rings is 1. The molecule has 1 amide bonds. The van der Waals surface area contributed by atoms with Gasteiger partial charge in [0.2, 0.25) is 5.91 Å². The van der Waals surface area contributed by atoms with Crippen molar-refractivity contribution in [3.8, 4) is 0 Å². The summed E-state index contributed by atoms with van der Waals surface area (Å²) in [5.41, 5.74) is 0.903. The molecule has 1 aromatic carbocycles. The molecule has 2 aromatic rings. The largest absolute Gasteiger partial charge is 0.354 e. The van der Waals surface area contributed by atoms with E-state index in [2.05, 4.69) is 21.8 Å². The minimum atomic E-state index is 0.0609. The molecule has 1 aromatic heterocycles. The first kappa shape index (κ1) is 18.7. The highest BCUT2D eigenvalue weighted by Gasteiger charge is 2.22. The first-order valence-electron chi connectivity index (χ1n) is 9.22. The maximum Gasteiger partial charge on any atom is 0.237 e. The molecule has 2 heterocycles. The number of hydrogen-bond acceptors (Lipinski definition) is 5. The van der Waals surface area contributed by atoms with Crippen molar-refractivity contribution in [3.05, 3.63) is 42.7 Å². The lowest BCUT2D eigenvalue weighted by Crippen LogP contribution is -2.39. The third-order valence-corrected chi connectivity index (χ3v) is 5.79. The van der Waals surface area contributed by atoms with Crippen molar-refractivity contribution in [1.82, 2.24) is 9.97 Å². The second-order valence-corrected chi connectivity index (χ2v) is 7.54. The van der Waals surface area contributed by atoms with Crippen molar-refractivity contribution >= 4 is 29.2 Å². The van der Waals surface area contributed by atoms with E-state index in [1.807, 2.05) is 43.4 Å². The van der Waals surface area contributed by atoms with Gasteiger partial charge in [0.15, 0.2) is 0 Å². The number of anilines is 2. The van der Waals surface area contributed by atoms with E-state index in [9.17, 15) is 4.79 Å². The van der Waals surface area contributed by atoms with E-state index in [1.165, 1.54) is 31.0 Å². The van der Waals surface area contributed by atoms with Crippen LogP contribution in [0.25, 0.3) is 0 Å². The molecule has 3 rings (SSSR count). The molecule has 0 aliphatic carbocycles. The van der Waals surface area contributed by atoms with Gasteiger partial charge in [0, 0.05) is 31.4 Å². The number of rotatable bonds is 6. The molecule has 0 N–H and O–H groups in total. The van der Waals surface area contributed by atoms with Crippen LogP contribution in [-0.2, 0) is 4.79 Å². The molecule has 1 atom stereocenters. The summed E-state index contributed by atoms with van der Waals surface area (Å²) >= 11 is 1.47. The van der Waals surface area contributed by atoms with Gasteiger partial charge in [-0.1, -0.05) is 36.9 Å². The number of piperidine rings is 1. The Morgan fingerprint density at radius 2 is 2.08 bits per heavy atom. The second kappa shape index (κ2) is 9.03. The van der Waals surface area contributed by atoms with Crippen molar-refractivity contribution in [3.63, 3.8) is 0 Å². The Balaban J connectivity index is 1.63. The van der Waals surface area contributed by atoms with E-state index in [0.29, 0.717) is 11.8 Å². The fraction of sp³-hybridized carbons (Fsp3) is 0.450. The van der Waals surface area contributed by atoms with Crippen molar-refractivity contribution in [1.29, 1.82) is 0 Å². The third-order valence-electron chi connectivity index (χ3n) is 4.88. The van der Waals surface area contributed by atoms with Crippen molar-refractivity contribution in [2.75, 3.05) is 29.1 Å². The number of nitrogens with zero attached hydrogens (tertiary/aromatic N) is 4. The molecule has 1 aliphatic rings. The molecule has 0 bridgehead atoms. The summed E-state index contributed by atoms with van der Waals surface area (Å²) in [5.74, 6) is 1.41. The number of aromatic nitrogens is 2. The molecule has 5 nitrogen and oxygen atoms in total. The normalized spacial score (nSPS) is 17.2. The van der Waals surface area contributed by atoms with E-state index in [4.69, 9.17) is 0 Å². The highest BCUT2D eigenvalue weighted by molar-refractivity contribution is 7.99. The zero-order valence-electron chi connectivity index (χ0n) is 15.5. The predicted molar refractivity (Wildman–Crippen MR) is 108 cm³/mol. The minimum absolute atomic E-state index is 0.0609. The third kappa shape index (κ3) is 4.55. The van der Waals surface area contributed by atoms with Crippen molar-refractivity contribution < 1.29 is 4.79 Å². The smallest absolute Gasteiger partial charge is 0.237 e. The zero-order chi connectivity index (χ0) is 18.4. The maximum atomic E-state index is 12.5. The molecule has 138 valence electrons. The van der Waals surface area contributed by atoms with Gasteiger partial charge in [-0.25, -0.2) is 9.97 Å². The van der Waals surface area contributed by atoms with Gasteiger partial charge >= 0.3 is 0 Å². The molecule has 0 saturated carbocycles. The van der Waals surface area contributed by atoms with E-state index >= 15 is 0 Å². The van der Waals surface area contributed by atoms with Gasteiger partial charge in [-0.05, 0) is 37.8 Å². The summed E-state index contributed by atoms with van der Waals surface area (Å²) in [6.45, 7) is 3.28. The summed E-state index contributed by atoms with van der Waals surface area (Å²) in [6.07, 6.45) is 6.48. The molecule has 6 heteroatoms. The zero-order valence-corrected chi connectivity index (χ0v) is 16.3. The van der Waals surface area contributed by atoms with Crippen LogP contribution < -0.4 is 9.80 Å². The SMILES string of the molecule is CCC1CCCCN1c1cc(SCC(=O)N(C)c2ccccc2)ncn1. The number of thioether (sulfide) groups is 1. The highest BCUT2D eigenvalue weighted by atomic mass is 32.2. The van der Waals surface area contributed by atoms with E-state index in [1.54, 1.807) is 11.2 Å². The molecule has 1 fully saturated rings. The van der Waals surface area contributed by atoms with Crippen molar-refractivity contribution in [2.24, 2.45) is 0 Å². The Bertz CT molecular complexity index is 725. The van der Waals surface area contributed by atoms with Gasteiger partial charge < -0.3 is 9.80 Å². The lowest BCUT2D eigenvalue weighted by molar-refractivity contribution is -0.115. The average molecular weight is 371 g/mol. The van der Waals surface area contributed by atoms with Crippen LogP contribution in [0.15, 0.2) is 47.8 Å². The van der Waals surface area contributed by atoms with Crippen LogP contribution in [-0.4, -0.2) is 41.3 Å². The summed E-state index contributed by atoms with van der Waals surface area (Å²) in [5, 5.41) is 0.852. The number of hydrogen-bond donors (Lipinski definition) is 0. The standard InChI is InChI=1S/C20H26N4OS/c1-3-16-9-7-8-12-24(16)18-13-19(22-15-21-18)26-14-20(25)23(2)17-10-5-4-6-11-17/h4-6,10-11,13,15-16H,3,7-9,12,14H2,1-2H3. The number of carbonyl (C=O) groups excluding carboxylic acids is 1. The Morgan fingerprint density at radius 3 is 2.85 bits per heavy atom. The molecule has 1 unspecified atom stereocenters. The fourth-order valence-corrected chi connectivity index (χ4v) is 4.10. The molecular weight excluding hydrogens is 344 g/mol. The Morgan fingerprint density at radius 1 is 1.27 bits per heavy atom. The molecular formula is C20H26N4OS. The van der Waals surface area contributed by atoms with Gasteiger partial charge in [0.1, 0.15) is 17.2 Å². The summed E-state index contributed by atoms with van der Waals surface area (Å²) in [7, 11) is 1.81. The molecule has 0 radical (unpaired) electrons. The second-order valence-electron chi connectivity index (χ2n) is 6.54. The van der Waals surface area contributed by atoms with Gasteiger partial charge in [0.25, 0.3) is 0 Å². The van der Waals surface area contributed by atoms with Gasteiger partial charge in [-0.3, -0.25) is 4.79 Å². The van der Waals surface area contributed by atoms with E-state index < -0.39 is 0 Å². The van der Waals surface area contributed by atoms with Crippen LogP contribution in [0, 0.1) is 0 Å². The van der Waals surface area contributed by atoms with E-state index in [-0.39, 0.29) is 5.91 Å². The molecule has 1 saturated heterocycles. The monoisotopic (exact) mass is 370 g/mol. The Hall–Kier alpha value is -2.08. The molecule has 0 spiro atoms.